The molecule has 4 nitrogen and oxygen atoms in total. The Morgan fingerprint density at radius 3 is 2.71 bits per heavy atom. The first-order valence-corrected chi connectivity index (χ1v) is 6.25. The first-order chi connectivity index (χ1) is 8.08. The molecule has 1 amide bonds. The van der Waals surface area contributed by atoms with E-state index in [9.17, 15) is 4.79 Å². The number of carbonyl (C=O) groups excluding carboxylic acids is 1. The van der Waals surface area contributed by atoms with Crippen LogP contribution in [0, 0.1) is 0 Å². The fourth-order valence-electron chi connectivity index (χ4n) is 1.26. The van der Waals surface area contributed by atoms with Crippen LogP contribution in [0.25, 0.3) is 0 Å². The number of amides is 1. The van der Waals surface area contributed by atoms with Gasteiger partial charge in [-0.15, -0.1) is 0 Å². The number of halogens is 1. The van der Waals surface area contributed by atoms with Gasteiger partial charge in [-0.25, -0.2) is 0 Å². The van der Waals surface area contributed by atoms with Crippen molar-refractivity contribution in [1.29, 1.82) is 0 Å². The Morgan fingerprint density at radius 2 is 2.18 bits per heavy atom. The van der Waals surface area contributed by atoms with Gasteiger partial charge in [0.05, 0.1) is 18.5 Å². The van der Waals surface area contributed by atoms with E-state index in [-0.39, 0.29) is 10.7 Å². The molecule has 1 N–H and O–H groups in total. The fourth-order valence-corrected chi connectivity index (χ4v) is 1.38. The standard InChI is InChI=1S/C12H16BrNO3/c1-4-17-10-6-5-9(7-11(10)16-3)14-12(15)8(2)13/h5-8H,4H2,1-3H3,(H,14,15). The maximum absolute atomic E-state index is 11.5. The van der Waals surface area contributed by atoms with Crippen molar-refractivity contribution in [2.45, 2.75) is 18.7 Å². The van der Waals surface area contributed by atoms with Gasteiger partial charge in [0.1, 0.15) is 0 Å². The topological polar surface area (TPSA) is 47.6 Å². The lowest BCUT2D eigenvalue weighted by molar-refractivity contribution is -0.115. The lowest BCUT2D eigenvalue weighted by Crippen LogP contribution is -2.19. The van der Waals surface area contributed by atoms with Crippen molar-refractivity contribution in [2.75, 3.05) is 19.0 Å². The van der Waals surface area contributed by atoms with Gasteiger partial charge in [-0.3, -0.25) is 4.79 Å². The zero-order valence-electron chi connectivity index (χ0n) is 10.1. The van der Waals surface area contributed by atoms with Gasteiger partial charge in [-0.05, 0) is 26.0 Å². The lowest BCUT2D eigenvalue weighted by atomic mass is 10.2. The van der Waals surface area contributed by atoms with Crippen LogP contribution in [0.4, 0.5) is 5.69 Å². The molecule has 0 saturated carbocycles. The Labute approximate surface area is 109 Å². The van der Waals surface area contributed by atoms with Crippen LogP contribution in [0.3, 0.4) is 0 Å². The van der Waals surface area contributed by atoms with Crippen molar-refractivity contribution in [3.05, 3.63) is 18.2 Å². The van der Waals surface area contributed by atoms with Gasteiger partial charge in [0.2, 0.25) is 5.91 Å². The summed E-state index contributed by atoms with van der Waals surface area (Å²) in [7, 11) is 1.57. The molecular formula is C12H16BrNO3. The first-order valence-electron chi connectivity index (χ1n) is 5.34. The predicted molar refractivity (Wildman–Crippen MR) is 71.2 cm³/mol. The third-order valence-electron chi connectivity index (χ3n) is 2.09. The molecular weight excluding hydrogens is 286 g/mol. The van der Waals surface area contributed by atoms with E-state index in [2.05, 4.69) is 21.2 Å². The van der Waals surface area contributed by atoms with E-state index in [1.807, 2.05) is 6.92 Å². The van der Waals surface area contributed by atoms with Crippen LogP contribution in [0.1, 0.15) is 13.8 Å². The molecule has 94 valence electrons. The number of carbonyl (C=O) groups is 1. The molecule has 17 heavy (non-hydrogen) atoms. The van der Waals surface area contributed by atoms with E-state index < -0.39 is 0 Å². The molecule has 0 bridgehead atoms. The molecule has 0 fully saturated rings. The van der Waals surface area contributed by atoms with E-state index in [0.717, 1.165) is 0 Å². The quantitative estimate of drug-likeness (QED) is 0.851. The smallest absolute Gasteiger partial charge is 0.237 e. The predicted octanol–water partition coefficient (Wildman–Crippen LogP) is 2.82. The summed E-state index contributed by atoms with van der Waals surface area (Å²) in [6, 6.07) is 5.29. The van der Waals surface area contributed by atoms with E-state index in [4.69, 9.17) is 9.47 Å². The second kappa shape index (κ2) is 6.49. The number of hydrogen-bond acceptors (Lipinski definition) is 3. The zero-order chi connectivity index (χ0) is 12.8. The van der Waals surface area contributed by atoms with E-state index in [1.165, 1.54) is 0 Å². The summed E-state index contributed by atoms with van der Waals surface area (Å²) in [5, 5.41) is 2.76. The van der Waals surface area contributed by atoms with Gasteiger partial charge >= 0.3 is 0 Å². The number of methoxy groups -OCH3 is 1. The molecule has 1 aromatic carbocycles. The van der Waals surface area contributed by atoms with Crippen molar-refractivity contribution in [1.82, 2.24) is 0 Å². The first kappa shape index (κ1) is 13.8. The van der Waals surface area contributed by atoms with E-state index in [0.29, 0.717) is 23.8 Å². The summed E-state index contributed by atoms with van der Waals surface area (Å²) in [5.41, 5.74) is 0.682. The minimum absolute atomic E-state index is 0.101. The zero-order valence-corrected chi connectivity index (χ0v) is 11.7. The molecule has 1 rings (SSSR count). The summed E-state index contributed by atoms with van der Waals surface area (Å²) >= 11 is 3.20. The Kier molecular flexibility index (Phi) is 5.28. The van der Waals surface area contributed by atoms with Crippen LogP contribution >= 0.6 is 15.9 Å². The average molecular weight is 302 g/mol. The number of anilines is 1. The van der Waals surface area contributed by atoms with Gasteiger partial charge in [-0.2, -0.15) is 0 Å². The van der Waals surface area contributed by atoms with Gasteiger partial charge in [0.25, 0.3) is 0 Å². The molecule has 0 radical (unpaired) electrons. The molecule has 0 aliphatic carbocycles. The minimum atomic E-state index is -0.236. The summed E-state index contributed by atoms with van der Waals surface area (Å²) in [6.45, 7) is 4.24. The highest BCUT2D eigenvalue weighted by atomic mass is 79.9. The Balaban J connectivity index is 2.85. The second-order valence-electron chi connectivity index (χ2n) is 3.40. The molecule has 1 unspecified atom stereocenters. The van der Waals surface area contributed by atoms with Crippen molar-refractivity contribution in [3.63, 3.8) is 0 Å². The third kappa shape index (κ3) is 3.93. The number of ether oxygens (including phenoxy) is 2. The molecule has 1 aromatic rings. The van der Waals surface area contributed by atoms with Crippen LogP contribution in [-0.2, 0) is 4.79 Å². The highest BCUT2D eigenvalue weighted by molar-refractivity contribution is 9.10. The van der Waals surface area contributed by atoms with E-state index >= 15 is 0 Å². The molecule has 5 heteroatoms. The minimum Gasteiger partial charge on any atom is -0.493 e. The maximum atomic E-state index is 11.5. The van der Waals surface area contributed by atoms with Crippen molar-refractivity contribution < 1.29 is 14.3 Å². The van der Waals surface area contributed by atoms with Crippen molar-refractivity contribution in [3.8, 4) is 11.5 Å². The Hall–Kier alpha value is -1.23. The Morgan fingerprint density at radius 1 is 1.47 bits per heavy atom. The number of nitrogens with one attached hydrogen (secondary N) is 1. The number of hydrogen-bond donors (Lipinski definition) is 1. The monoisotopic (exact) mass is 301 g/mol. The van der Waals surface area contributed by atoms with Crippen LogP contribution in [0.2, 0.25) is 0 Å². The van der Waals surface area contributed by atoms with Crippen LogP contribution < -0.4 is 14.8 Å². The molecule has 1 atom stereocenters. The van der Waals surface area contributed by atoms with Crippen molar-refractivity contribution >= 4 is 27.5 Å². The van der Waals surface area contributed by atoms with Gasteiger partial charge < -0.3 is 14.8 Å². The Bertz CT molecular complexity index is 393. The average Bonchev–Trinajstić information content (AvgIpc) is 2.31. The third-order valence-corrected chi connectivity index (χ3v) is 2.51. The molecule has 0 spiro atoms. The van der Waals surface area contributed by atoms with Gasteiger partial charge in [-0.1, -0.05) is 15.9 Å². The number of alkyl halides is 1. The second-order valence-corrected chi connectivity index (χ2v) is 4.78. The highest BCUT2D eigenvalue weighted by Crippen LogP contribution is 2.30. The van der Waals surface area contributed by atoms with Crippen LogP contribution in [0.5, 0.6) is 11.5 Å². The van der Waals surface area contributed by atoms with Gasteiger partial charge in [0, 0.05) is 11.8 Å². The lowest BCUT2D eigenvalue weighted by Gasteiger charge is -2.12. The van der Waals surface area contributed by atoms with E-state index in [1.54, 1.807) is 32.2 Å². The van der Waals surface area contributed by atoms with Crippen LogP contribution in [0.15, 0.2) is 18.2 Å². The summed E-state index contributed by atoms with van der Waals surface area (Å²) < 4.78 is 10.6. The number of benzene rings is 1. The summed E-state index contributed by atoms with van der Waals surface area (Å²) in [5.74, 6) is 1.17. The molecule has 0 aromatic heterocycles. The summed E-state index contributed by atoms with van der Waals surface area (Å²) in [6.07, 6.45) is 0. The summed E-state index contributed by atoms with van der Waals surface area (Å²) in [4.78, 5) is 11.3. The molecule has 0 aliphatic rings. The molecule has 0 aliphatic heterocycles. The van der Waals surface area contributed by atoms with Crippen LogP contribution in [-0.4, -0.2) is 24.5 Å². The highest BCUT2D eigenvalue weighted by Gasteiger charge is 2.11. The molecule has 0 heterocycles. The SMILES string of the molecule is CCOc1ccc(NC(=O)C(C)Br)cc1OC. The van der Waals surface area contributed by atoms with Crippen molar-refractivity contribution in [2.24, 2.45) is 0 Å². The molecule has 0 saturated heterocycles. The number of rotatable bonds is 5. The normalized spacial score (nSPS) is 11.8. The fraction of sp³-hybridized carbons (Fsp3) is 0.417. The largest absolute Gasteiger partial charge is 0.493 e. The van der Waals surface area contributed by atoms with Gasteiger partial charge in [0.15, 0.2) is 11.5 Å². The maximum Gasteiger partial charge on any atom is 0.237 e.